The van der Waals surface area contributed by atoms with Crippen molar-refractivity contribution in [2.24, 2.45) is 0 Å². The van der Waals surface area contributed by atoms with Crippen LogP contribution in [0.15, 0.2) is 17.7 Å². The van der Waals surface area contributed by atoms with Crippen LogP contribution in [0.2, 0.25) is 0 Å². The third-order valence-electron chi connectivity index (χ3n) is 2.67. The highest BCUT2D eigenvalue weighted by molar-refractivity contribution is 5.87. The number of rotatable bonds is 1. The third-order valence-corrected chi connectivity index (χ3v) is 2.67. The molecule has 0 unspecified atom stereocenters. The SMILES string of the molecule is CC.Cc1ccc(C)c2c1C=C(C=O)C2. The lowest BCUT2D eigenvalue weighted by Crippen LogP contribution is -1.91. The average Bonchev–Trinajstić information content (AvgIpc) is 2.72. The van der Waals surface area contributed by atoms with Crippen LogP contribution in [0.25, 0.3) is 6.08 Å². The second-order valence-corrected chi connectivity index (χ2v) is 3.61. The van der Waals surface area contributed by atoms with Crippen LogP contribution in [0.1, 0.15) is 36.1 Å². The second-order valence-electron chi connectivity index (χ2n) is 3.61. The molecule has 1 heteroatoms. The Hall–Kier alpha value is -1.37. The zero-order valence-electron chi connectivity index (χ0n) is 9.92. The van der Waals surface area contributed by atoms with E-state index in [1.54, 1.807) is 0 Å². The van der Waals surface area contributed by atoms with Gasteiger partial charge in [-0.1, -0.05) is 26.0 Å². The van der Waals surface area contributed by atoms with Crippen LogP contribution in [0, 0.1) is 13.8 Å². The van der Waals surface area contributed by atoms with Gasteiger partial charge in [0.2, 0.25) is 0 Å². The van der Waals surface area contributed by atoms with Crippen molar-refractivity contribution in [3.05, 3.63) is 40.0 Å². The Bertz CT molecular complexity index is 400. The van der Waals surface area contributed by atoms with Gasteiger partial charge in [0, 0.05) is 6.42 Å². The first-order valence-corrected chi connectivity index (χ1v) is 5.47. The minimum atomic E-state index is 0.812. The van der Waals surface area contributed by atoms with Crippen LogP contribution in [-0.4, -0.2) is 6.29 Å². The fourth-order valence-corrected chi connectivity index (χ4v) is 1.84. The lowest BCUT2D eigenvalue weighted by atomic mass is 9.99. The van der Waals surface area contributed by atoms with Gasteiger partial charge < -0.3 is 0 Å². The van der Waals surface area contributed by atoms with Crippen LogP contribution in [-0.2, 0) is 11.2 Å². The minimum Gasteiger partial charge on any atom is -0.298 e. The summed E-state index contributed by atoms with van der Waals surface area (Å²) >= 11 is 0. The number of carbonyl (C=O) groups excluding carboxylic acids is 1. The Kier molecular flexibility index (Phi) is 3.84. The topological polar surface area (TPSA) is 17.1 Å². The van der Waals surface area contributed by atoms with Crippen molar-refractivity contribution in [1.29, 1.82) is 0 Å². The Labute approximate surface area is 91.8 Å². The number of hydrogen-bond donors (Lipinski definition) is 0. The fraction of sp³-hybridized carbons (Fsp3) is 0.357. The summed E-state index contributed by atoms with van der Waals surface area (Å²) in [5, 5.41) is 0. The van der Waals surface area contributed by atoms with E-state index in [9.17, 15) is 4.79 Å². The van der Waals surface area contributed by atoms with Gasteiger partial charge in [-0.2, -0.15) is 0 Å². The van der Waals surface area contributed by atoms with Gasteiger partial charge in [0.25, 0.3) is 0 Å². The summed E-state index contributed by atoms with van der Waals surface area (Å²) in [6, 6.07) is 4.23. The Morgan fingerprint density at radius 2 is 1.73 bits per heavy atom. The predicted molar refractivity (Wildman–Crippen MR) is 65.0 cm³/mol. The molecule has 0 bridgehead atoms. The molecule has 0 atom stereocenters. The quantitative estimate of drug-likeness (QED) is 0.637. The molecule has 0 spiro atoms. The number of fused-ring (bicyclic) bond motifs is 1. The zero-order valence-corrected chi connectivity index (χ0v) is 9.92. The largest absolute Gasteiger partial charge is 0.298 e. The van der Waals surface area contributed by atoms with Gasteiger partial charge in [-0.3, -0.25) is 4.79 Å². The van der Waals surface area contributed by atoms with Gasteiger partial charge in [-0.15, -0.1) is 0 Å². The Morgan fingerprint density at radius 3 is 2.27 bits per heavy atom. The summed E-state index contributed by atoms with van der Waals surface area (Å²) in [6.45, 7) is 8.18. The third kappa shape index (κ3) is 2.17. The van der Waals surface area contributed by atoms with E-state index in [0.717, 1.165) is 18.3 Å². The molecular formula is C14H18O. The van der Waals surface area contributed by atoms with Gasteiger partial charge in [0.15, 0.2) is 0 Å². The normalized spacial score (nSPS) is 12.4. The second kappa shape index (κ2) is 4.92. The van der Waals surface area contributed by atoms with Gasteiger partial charge >= 0.3 is 0 Å². The smallest absolute Gasteiger partial charge is 0.146 e. The molecular weight excluding hydrogens is 184 g/mol. The summed E-state index contributed by atoms with van der Waals surface area (Å²) < 4.78 is 0. The summed E-state index contributed by atoms with van der Waals surface area (Å²) in [5.41, 5.74) is 6.02. The van der Waals surface area contributed by atoms with Gasteiger partial charge in [-0.25, -0.2) is 0 Å². The van der Waals surface area contributed by atoms with Gasteiger partial charge in [0.1, 0.15) is 6.29 Å². The molecule has 0 radical (unpaired) electrons. The van der Waals surface area contributed by atoms with Crippen LogP contribution >= 0.6 is 0 Å². The first-order valence-electron chi connectivity index (χ1n) is 5.47. The van der Waals surface area contributed by atoms with Crippen molar-refractivity contribution in [2.75, 3.05) is 0 Å². The first kappa shape index (κ1) is 11.7. The molecule has 0 aliphatic heterocycles. The molecule has 1 aliphatic rings. The van der Waals surface area contributed by atoms with E-state index in [1.165, 1.54) is 22.3 Å². The van der Waals surface area contributed by atoms with Crippen molar-refractivity contribution < 1.29 is 4.79 Å². The molecule has 0 fully saturated rings. The number of benzene rings is 1. The molecule has 0 heterocycles. The van der Waals surface area contributed by atoms with Gasteiger partial charge in [-0.05, 0) is 47.8 Å². The molecule has 1 aliphatic carbocycles. The van der Waals surface area contributed by atoms with Crippen molar-refractivity contribution in [2.45, 2.75) is 34.1 Å². The van der Waals surface area contributed by atoms with E-state index in [0.29, 0.717) is 0 Å². The summed E-state index contributed by atoms with van der Waals surface area (Å²) in [7, 11) is 0. The van der Waals surface area contributed by atoms with E-state index in [2.05, 4.69) is 26.0 Å². The monoisotopic (exact) mass is 202 g/mol. The van der Waals surface area contributed by atoms with E-state index in [1.807, 2.05) is 19.9 Å². The molecule has 0 amide bonds. The fourth-order valence-electron chi connectivity index (χ4n) is 1.84. The van der Waals surface area contributed by atoms with Gasteiger partial charge in [0.05, 0.1) is 0 Å². The molecule has 0 aromatic heterocycles. The number of allylic oxidation sites excluding steroid dienone is 1. The average molecular weight is 202 g/mol. The van der Waals surface area contributed by atoms with Crippen molar-refractivity contribution in [3.8, 4) is 0 Å². The lowest BCUT2D eigenvalue weighted by Gasteiger charge is -2.05. The van der Waals surface area contributed by atoms with Crippen molar-refractivity contribution in [3.63, 3.8) is 0 Å². The van der Waals surface area contributed by atoms with Crippen LogP contribution in [0.4, 0.5) is 0 Å². The van der Waals surface area contributed by atoms with E-state index >= 15 is 0 Å². The number of carbonyl (C=O) groups is 1. The maximum absolute atomic E-state index is 10.6. The molecule has 1 aromatic rings. The van der Waals surface area contributed by atoms with Crippen LogP contribution in [0.5, 0.6) is 0 Å². The summed E-state index contributed by atoms with van der Waals surface area (Å²) in [6.07, 6.45) is 3.77. The molecule has 80 valence electrons. The van der Waals surface area contributed by atoms with Crippen molar-refractivity contribution in [1.82, 2.24) is 0 Å². The Morgan fingerprint density at radius 1 is 1.13 bits per heavy atom. The Balaban J connectivity index is 0.000000531. The number of aldehydes is 1. The first-order chi connectivity index (χ1) is 7.22. The molecule has 0 saturated carbocycles. The predicted octanol–water partition coefficient (Wildman–Crippen LogP) is 3.47. The molecule has 1 nitrogen and oxygen atoms in total. The highest BCUT2D eigenvalue weighted by Crippen LogP contribution is 2.29. The maximum Gasteiger partial charge on any atom is 0.146 e. The maximum atomic E-state index is 10.6. The molecule has 2 rings (SSSR count). The molecule has 1 aromatic carbocycles. The highest BCUT2D eigenvalue weighted by atomic mass is 16.1. The van der Waals surface area contributed by atoms with Crippen LogP contribution < -0.4 is 0 Å². The van der Waals surface area contributed by atoms with E-state index < -0.39 is 0 Å². The highest BCUT2D eigenvalue weighted by Gasteiger charge is 2.15. The van der Waals surface area contributed by atoms with E-state index in [-0.39, 0.29) is 0 Å². The van der Waals surface area contributed by atoms with Crippen molar-refractivity contribution >= 4 is 12.4 Å². The minimum absolute atomic E-state index is 0.812. The zero-order chi connectivity index (χ0) is 11.4. The van der Waals surface area contributed by atoms with E-state index in [4.69, 9.17) is 0 Å². The summed E-state index contributed by atoms with van der Waals surface area (Å²) in [4.78, 5) is 10.6. The molecule has 0 N–H and O–H groups in total. The van der Waals surface area contributed by atoms with Crippen LogP contribution in [0.3, 0.4) is 0 Å². The molecule has 15 heavy (non-hydrogen) atoms. The number of hydrogen-bond acceptors (Lipinski definition) is 1. The standard InChI is InChI=1S/C12H12O.C2H6/c1-8-3-4-9(2)12-6-10(7-13)5-11(8)12;1-2/h3-5,7H,6H2,1-2H3;1-2H3. The summed E-state index contributed by atoms with van der Waals surface area (Å²) in [5.74, 6) is 0. The molecule has 0 saturated heterocycles. The lowest BCUT2D eigenvalue weighted by molar-refractivity contribution is -0.104. The number of aryl methyl sites for hydroxylation is 2.